The lowest BCUT2D eigenvalue weighted by Crippen LogP contribution is -2.15. The molecule has 0 saturated heterocycles. The van der Waals surface area contributed by atoms with Gasteiger partial charge in [0.25, 0.3) is 0 Å². The van der Waals surface area contributed by atoms with Gasteiger partial charge in [0.1, 0.15) is 11.3 Å². The Bertz CT molecular complexity index is 760. The van der Waals surface area contributed by atoms with E-state index >= 15 is 0 Å². The smallest absolute Gasteiger partial charge is 0.339 e. The van der Waals surface area contributed by atoms with E-state index in [4.69, 9.17) is 0 Å². The summed E-state index contributed by atoms with van der Waals surface area (Å²) in [4.78, 5) is 11.3. The summed E-state index contributed by atoms with van der Waals surface area (Å²) in [5, 5.41) is 17.4. The molecular formula is C12H16N4O4S. The molecule has 0 spiro atoms. The standard InChI is InChI=1S/C12H16N4O4S/c1-3-21(19,20)5-4-16-8-10(12(17)18)11(14-16)9-6-13-15(2)7-9/h6-8H,3-5H2,1-2H3,(H,17,18). The fourth-order valence-electron chi connectivity index (χ4n) is 1.83. The van der Waals surface area contributed by atoms with Gasteiger partial charge in [0.15, 0.2) is 9.84 Å². The molecule has 2 rings (SSSR count). The number of carboxylic acids is 1. The first-order valence-corrected chi connectivity index (χ1v) is 8.14. The number of hydrogen-bond acceptors (Lipinski definition) is 5. The van der Waals surface area contributed by atoms with Crippen LogP contribution in [0.2, 0.25) is 0 Å². The van der Waals surface area contributed by atoms with E-state index in [0.717, 1.165) is 0 Å². The lowest BCUT2D eigenvalue weighted by atomic mass is 10.1. The fourth-order valence-corrected chi connectivity index (χ4v) is 2.58. The number of carboxylic acid groups (broad SMARTS) is 1. The van der Waals surface area contributed by atoms with Crippen LogP contribution in [0.15, 0.2) is 18.6 Å². The Morgan fingerprint density at radius 2 is 2.10 bits per heavy atom. The first-order valence-electron chi connectivity index (χ1n) is 6.32. The van der Waals surface area contributed by atoms with Crippen molar-refractivity contribution in [2.45, 2.75) is 13.5 Å². The first kappa shape index (κ1) is 15.2. The summed E-state index contributed by atoms with van der Waals surface area (Å²) in [6.07, 6.45) is 4.51. The molecule has 0 atom stereocenters. The van der Waals surface area contributed by atoms with Crippen LogP contribution in [0, 0.1) is 0 Å². The molecule has 0 aliphatic heterocycles. The summed E-state index contributed by atoms with van der Waals surface area (Å²) in [6.45, 7) is 1.69. The summed E-state index contributed by atoms with van der Waals surface area (Å²) in [5.74, 6) is -1.13. The highest BCUT2D eigenvalue weighted by Gasteiger charge is 2.19. The maximum Gasteiger partial charge on any atom is 0.339 e. The highest BCUT2D eigenvalue weighted by atomic mass is 32.2. The van der Waals surface area contributed by atoms with Crippen molar-refractivity contribution in [3.8, 4) is 11.3 Å². The summed E-state index contributed by atoms with van der Waals surface area (Å²) < 4.78 is 25.9. The van der Waals surface area contributed by atoms with Crippen molar-refractivity contribution in [1.82, 2.24) is 19.6 Å². The van der Waals surface area contributed by atoms with E-state index in [9.17, 15) is 18.3 Å². The Labute approximate surface area is 121 Å². The van der Waals surface area contributed by atoms with Gasteiger partial charge in [0.05, 0.1) is 18.5 Å². The van der Waals surface area contributed by atoms with Crippen LogP contribution in [0.4, 0.5) is 0 Å². The second-order valence-corrected chi connectivity index (χ2v) is 7.07. The van der Waals surface area contributed by atoms with E-state index < -0.39 is 15.8 Å². The average molecular weight is 312 g/mol. The van der Waals surface area contributed by atoms with Gasteiger partial charge in [-0.15, -0.1) is 0 Å². The van der Waals surface area contributed by atoms with Crippen LogP contribution in [-0.4, -0.2) is 50.6 Å². The molecule has 0 aliphatic carbocycles. The predicted molar refractivity (Wildman–Crippen MR) is 75.7 cm³/mol. The van der Waals surface area contributed by atoms with Crippen molar-refractivity contribution in [2.75, 3.05) is 11.5 Å². The molecule has 2 heterocycles. The van der Waals surface area contributed by atoms with Crippen LogP contribution >= 0.6 is 0 Å². The van der Waals surface area contributed by atoms with E-state index in [0.29, 0.717) is 5.56 Å². The van der Waals surface area contributed by atoms with Crippen molar-refractivity contribution in [1.29, 1.82) is 0 Å². The van der Waals surface area contributed by atoms with Gasteiger partial charge in [-0.1, -0.05) is 6.92 Å². The number of carbonyl (C=O) groups is 1. The van der Waals surface area contributed by atoms with Crippen molar-refractivity contribution in [3.05, 3.63) is 24.2 Å². The third kappa shape index (κ3) is 3.48. The zero-order valence-electron chi connectivity index (χ0n) is 11.7. The van der Waals surface area contributed by atoms with Gasteiger partial charge in [0.2, 0.25) is 0 Å². The Balaban J connectivity index is 2.32. The molecule has 0 aliphatic rings. The zero-order chi connectivity index (χ0) is 15.6. The molecule has 9 heteroatoms. The Morgan fingerprint density at radius 1 is 1.38 bits per heavy atom. The highest BCUT2D eigenvalue weighted by molar-refractivity contribution is 7.91. The normalized spacial score (nSPS) is 11.7. The maximum atomic E-state index is 11.5. The van der Waals surface area contributed by atoms with Crippen molar-refractivity contribution < 1.29 is 18.3 Å². The molecule has 114 valence electrons. The summed E-state index contributed by atoms with van der Waals surface area (Å²) in [5.41, 5.74) is 0.883. The SMILES string of the molecule is CCS(=O)(=O)CCn1cc(C(=O)O)c(-c2cnn(C)c2)n1. The number of nitrogens with zero attached hydrogens (tertiary/aromatic N) is 4. The lowest BCUT2D eigenvalue weighted by Gasteiger charge is -2.01. The van der Waals surface area contributed by atoms with Gasteiger partial charge < -0.3 is 5.11 Å². The zero-order valence-corrected chi connectivity index (χ0v) is 12.5. The maximum absolute atomic E-state index is 11.5. The molecule has 2 aromatic rings. The highest BCUT2D eigenvalue weighted by Crippen LogP contribution is 2.21. The topological polar surface area (TPSA) is 107 Å². The fraction of sp³-hybridized carbons (Fsp3) is 0.417. The van der Waals surface area contributed by atoms with Crippen LogP contribution in [0.5, 0.6) is 0 Å². The molecule has 0 amide bonds. The number of aryl methyl sites for hydroxylation is 2. The first-order chi connectivity index (χ1) is 9.82. The van der Waals surface area contributed by atoms with Gasteiger partial charge in [-0.2, -0.15) is 10.2 Å². The van der Waals surface area contributed by atoms with Crippen molar-refractivity contribution in [2.24, 2.45) is 7.05 Å². The minimum atomic E-state index is -3.13. The van der Waals surface area contributed by atoms with Gasteiger partial charge in [0, 0.05) is 30.8 Å². The van der Waals surface area contributed by atoms with Crippen LogP contribution in [0.1, 0.15) is 17.3 Å². The Hall–Kier alpha value is -2.16. The Kier molecular flexibility index (Phi) is 4.12. The van der Waals surface area contributed by atoms with E-state index in [1.165, 1.54) is 17.1 Å². The van der Waals surface area contributed by atoms with E-state index in [1.54, 1.807) is 24.9 Å². The quantitative estimate of drug-likeness (QED) is 0.828. The van der Waals surface area contributed by atoms with Crippen LogP contribution in [0.3, 0.4) is 0 Å². The number of rotatable bonds is 6. The number of aromatic carboxylic acids is 1. The summed E-state index contributed by atoms with van der Waals surface area (Å²) in [6, 6.07) is 0. The minimum absolute atomic E-state index is 0.0249. The predicted octanol–water partition coefficient (Wildman–Crippen LogP) is 0.416. The second-order valence-electron chi connectivity index (χ2n) is 4.60. The summed E-state index contributed by atoms with van der Waals surface area (Å²) >= 11 is 0. The molecule has 0 radical (unpaired) electrons. The largest absolute Gasteiger partial charge is 0.478 e. The molecule has 2 aromatic heterocycles. The molecule has 1 N–H and O–H groups in total. The third-order valence-corrected chi connectivity index (χ3v) is 4.73. The molecule has 0 bridgehead atoms. The molecular weight excluding hydrogens is 296 g/mol. The second kappa shape index (κ2) is 5.68. The van der Waals surface area contributed by atoms with Gasteiger partial charge >= 0.3 is 5.97 Å². The van der Waals surface area contributed by atoms with E-state index in [-0.39, 0.29) is 29.3 Å². The number of sulfone groups is 1. The molecule has 0 aromatic carbocycles. The number of hydrogen-bond donors (Lipinski definition) is 1. The molecule has 21 heavy (non-hydrogen) atoms. The third-order valence-electron chi connectivity index (χ3n) is 3.04. The van der Waals surface area contributed by atoms with Gasteiger partial charge in [-0.25, -0.2) is 13.2 Å². The molecule has 0 fully saturated rings. The van der Waals surface area contributed by atoms with Crippen molar-refractivity contribution in [3.63, 3.8) is 0 Å². The lowest BCUT2D eigenvalue weighted by molar-refractivity contribution is 0.0697. The summed E-state index contributed by atoms with van der Waals surface area (Å²) in [7, 11) is -1.41. The van der Waals surface area contributed by atoms with E-state index in [2.05, 4.69) is 10.2 Å². The van der Waals surface area contributed by atoms with Crippen LogP contribution in [-0.2, 0) is 23.4 Å². The van der Waals surface area contributed by atoms with Gasteiger partial charge in [-0.05, 0) is 0 Å². The van der Waals surface area contributed by atoms with Crippen LogP contribution < -0.4 is 0 Å². The molecule has 0 unspecified atom stereocenters. The minimum Gasteiger partial charge on any atom is -0.478 e. The van der Waals surface area contributed by atoms with E-state index in [1.807, 2.05) is 0 Å². The molecule has 0 saturated carbocycles. The molecule has 8 nitrogen and oxygen atoms in total. The Morgan fingerprint density at radius 3 is 2.62 bits per heavy atom. The number of aromatic nitrogens is 4. The van der Waals surface area contributed by atoms with Crippen molar-refractivity contribution >= 4 is 15.8 Å². The average Bonchev–Trinajstić information content (AvgIpc) is 3.02. The van der Waals surface area contributed by atoms with Crippen LogP contribution in [0.25, 0.3) is 11.3 Å². The monoisotopic (exact) mass is 312 g/mol. The van der Waals surface area contributed by atoms with Gasteiger partial charge in [-0.3, -0.25) is 9.36 Å².